The number of rotatable bonds is 5. The van der Waals surface area contributed by atoms with Crippen LogP contribution in [0.2, 0.25) is 5.02 Å². The Balaban J connectivity index is 2.74. The highest BCUT2D eigenvalue weighted by atomic mass is 35.5. The van der Waals surface area contributed by atoms with Gasteiger partial charge in [-0.1, -0.05) is 18.5 Å². The highest BCUT2D eigenvalue weighted by molar-refractivity contribution is 6.34. The molecule has 0 saturated carbocycles. The molecule has 0 amide bonds. The van der Waals surface area contributed by atoms with Crippen molar-refractivity contribution in [2.75, 3.05) is 5.73 Å². The number of benzene rings is 1. The van der Waals surface area contributed by atoms with E-state index in [2.05, 4.69) is 0 Å². The molecule has 0 aromatic heterocycles. The van der Waals surface area contributed by atoms with Crippen LogP contribution in [-0.4, -0.2) is 11.7 Å². The summed E-state index contributed by atoms with van der Waals surface area (Å²) in [6.07, 6.45) is -0.970. The number of hydrogen-bond acceptors (Lipinski definition) is 2. The summed E-state index contributed by atoms with van der Waals surface area (Å²) in [5.74, 6) is -3.21. The molecule has 1 aromatic rings. The number of anilines is 1. The zero-order valence-electron chi connectivity index (χ0n) is 9.47. The molecule has 2 nitrogen and oxygen atoms in total. The van der Waals surface area contributed by atoms with Crippen LogP contribution < -0.4 is 5.73 Å². The third-order valence-electron chi connectivity index (χ3n) is 2.53. The Hall–Kier alpha value is -1.16. The van der Waals surface area contributed by atoms with Crippen molar-refractivity contribution in [1.82, 2.24) is 0 Å². The molecule has 0 fully saturated rings. The van der Waals surface area contributed by atoms with Crippen LogP contribution in [0.5, 0.6) is 0 Å². The largest absolute Gasteiger partial charge is 0.399 e. The first-order valence-electron chi connectivity index (χ1n) is 5.32. The van der Waals surface area contributed by atoms with E-state index in [-0.39, 0.29) is 23.4 Å². The molecule has 0 heterocycles. The average molecular weight is 262 g/mol. The molecule has 0 saturated heterocycles. The lowest BCUT2D eigenvalue weighted by Crippen LogP contribution is -2.16. The molecule has 0 aliphatic heterocycles. The lowest BCUT2D eigenvalue weighted by Gasteiger charge is -2.13. The van der Waals surface area contributed by atoms with E-state index in [4.69, 9.17) is 17.3 Å². The standard InChI is InChI=1S/C12H14ClF2NO/c1-2-12(14,15)6-5-11(17)9-7-8(16)3-4-10(9)13/h3-4,7H,2,5-6,16H2,1H3. The van der Waals surface area contributed by atoms with Gasteiger partial charge in [0, 0.05) is 30.5 Å². The summed E-state index contributed by atoms with van der Waals surface area (Å²) >= 11 is 5.81. The van der Waals surface area contributed by atoms with Crippen LogP contribution in [0.15, 0.2) is 18.2 Å². The van der Waals surface area contributed by atoms with Gasteiger partial charge in [0.05, 0.1) is 5.02 Å². The lowest BCUT2D eigenvalue weighted by molar-refractivity contribution is -0.0121. The van der Waals surface area contributed by atoms with Crippen LogP contribution >= 0.6 is 11.6 Å². The Bertz CT molecular complexity index is 421. The maximum atomic E-state index is 13.0. The predicted octanol–water partition coefficient (Wildman–Crippen LogP) is 3.93. The fourth-order valence-corrected chi connectivity index (χ4v) is 1.59. The Morgan fingerprint density at radius 3 is 2.71 bits per heavy atom. The normalized spacial score (nSPS) is 11.5. The summed E-state index contributed by atoms with van der Waals surface area (Å²) in [6.45, 7) is 1.39. The average Bonchev–Trinajstić information content (AvgIpc) is 2.29. The molecule has 0 aliphatic rings. The van der Waals surface area contributed by atoms with Gasteiger partial charge in [-0.2, -0.15) is 0 Å². The topological polar surface area (TPSA) is 43.1 Å². The highest BCUT2D eigenvalue weighted by Gasteiger charge is 2.27. The smallest absolute Gasteiger partial charge is 0.248 e. The molecule has 94 valence electrons. The van der Waals surface area contributed by atoms with Gasteiger partial charge in [-0.15, -0.1) is 0 Å². The van der Waals surface area contributed by atoms with Crippen molar-refractivity contribution < 1.29 is 13.6 Å². The van der Waals surface area contributed by atoms with E-state index in [1.54, 1.807) is 6.07 Å². The number of carbonyl (C=O) groups is 1. The van der Waals surface area contributed by atoms with Crippen molar-refractivity contribution >= 4 is 23.1 Å². The number of halogens is 3. The highest BCUT2D eigenvalue weighted by Crippen LogP contribution is 2.27. The van der Waals surface area contributed by atoms with Crippen molar-refractivity contribution in [2.24, 2.45) is 0 Å². The maximum absolute atomic E-state index is 13.0. The Labute approximate surface area is 104 Å². The number of nitrogen functional groups attached to an aromatic ring is 1. The number of alkyl halides is 2. The first kappa shape index (κ1) is 13.9. The van der Waals surface area contributed by atoms with Gasteiger partial charge in [-0.05, 0) is 18.2 Å². The van der Waals surface area contributed by atoms with Crippen molar-refractivity contribution in [2.45, 2.75) is 32.1 Å². The molecule has 5 heteroatoms. The quantitative estimate of drug-likeness (QED) is 0.645. The third kappa shape index (κ3) is 3.97. The summed E-state index contributed by atoms with van der Waals surface area (Å²) in [5.41, 5.74) is 6.11. The second-order valence-electron chi connectivity index (χ2n) is 3.87. The Morgan fingerprint density at radius 1 is 1.47 bits per heavy atom. The lowest BCUT2D eigenvalue weighted by atomic mass is 10.0. The van der Waals surface area contributed by atoms with Gasteiger partial charge in [0.15, 0.2) is 5.78 Å². The molecule has 1 aromatic carbocycles. The molecule has 0 radical (unpaired) electrons. The molecule has 0 bridgehead atoms. The second kappa shape index (κ2) is 5.45. The van der Waals surface area contributed by atoms with Crippen LogP contribution in [-0.2, 0) is 0 Å². The van der Waals surface area contributed by atoms with Crippen LogP contribution in [0.25, 0.3) is 0 Å². The van der Waals surface area contributed by atoms with E-state index >= 15 is 0 Å². The maximum Gasteiger partial charge on any atom is 0.248 e. The van der Waals surface area contributed by atoms with Crippen LogP contribution in [0, 0.1) is 0 Å². The fraction of sp³-hybridized carbons (Fsp3) is 0.417. The monoisotopic (exact) mass is 261 g/mol. The van der Waals surface area contributed by atoms with Gasteiger partial charge in [-0.25, -0.2) is 8.78 Å². The number of nitrogens with two attached hydrogens (primary N) is 1. The minimum absolute atomic E-state index is 0.207. The van der Waals surface area contributed by atoms with E-state index in [9.17, 15) is 13.6 Å². The van der Waals surface area contributed by atoms with Gasteiger partial charge in [0.2, 0.25) is 5.92 Å². The van der Waals surface area contributed by atoms with Gasteiger partial charge in [0.25, 0.3) is 0 Å². The van der Waals surface area contributed by atoms with Gasteiger partial charge in [-0.3, -0.25) is 4.79 Å². The zero-order chi connectivity index (χ0) is 13.1. The molecular formula is C12H14ClF2NO. The zero-order valence-corrected chi connectivity index (χ0v) is 10.2. The van der Waals surface area contributed by atoms with Gasteiger partial charge >= 0.3 is 0 Å². The van der Waals surface area contributed by atoms with Crippen LogP contribution in [0.4, 0.5) is 14.5 Å². The van der Waals surface area contributed by atoms with Crippen LogP contribution in [0.3, 0.4) is 0 Å². The van der Waals surface area contributed by atoms with Crippen molar-refractivity contribution in [1.29, 1.82) is 0 Å². The Kier molecular flexibility index (Phi) is 4.46. The van der Waals surface area contributed by atoms with Gasteiger partial charge in [0.1, 0.15) is 0 Å². The third-order valence-corrected chi connectivity index (χ3v) is 2.86. The van der Waals surface area contributed by atoms with E-state index in [0.29, 0.717) is 5.69 Å². The predicted molar refractivity (Wildman–Crippen MR) is 64.7 cm³/mol. The number of Topliss-reactive ketones (excluding diaryl/α,β-unsaturated/α-hetero) is 1. The van der Waals surface area contributed by atoms with Crippen molar-refractivity contribution in [3.63, 3.8) is 0 Å². The van der Waals surface area contributed by atoms with E-state index in [1.165, 1.54) is 19.1 Å². The number of ketones is 1. The molecule has 0 spiro atoms. The first-order valence-corrected chi connectivity index (χ1v) is 5.69. The van der Waals surface area contributed by atoms with Crippen molar-refractivity contribution in [3.8, 4) is 0 Å². The fourth-order valence-electron chi connectivity index (χ4n) is 1.36. The van der Waals surface area contributed by atoms with E-state index in [1.807, 2.05) is 0 Å². The number of hydrogen-bond donors (Lipinski definition) is 1. The second-order valence-corrected chi connectivity index (χ2v) is 4.28. The summed E-state index contributed by atoms with van der Waals surface area (Å²) in [7, 11) is 0. The van der Waals surface area contributed by atoms with Crippen LogP contribution in [0.1, 0.15) is 36.5 Å². The first-order chi connectivity index (χ1) is 7.85. The summed E-state index contributed by atoms with van der Waals surface area (Å²) in [5, 5.41) is 0.240. The van der Waals surface area contributed by atoms with Crippen molar-refractivity contribution in [3.05, 3.63) is 28.8 Å². The molecule has 1 rings (SSSR count). The molecule has 0 unspecified atom stereocenters. The SMILES string of the molecule is CCC(F)(F)CCC(=O)c1cc(N)ccc1Cl. The Morgan fingerprint density at radius 2 is 2.12 bits per heavy atom. The molecule has 17 heavy (non-hydrogen) atoms. The minimum Gasteiger partial charge on any atom is -0.399 e. The molecular weight excluding hydrogens is 248 g/mol. The van der Waals surface area contributed by atoms with Gasteiger partial charge < -0.3 is 5.73 Å². The van der Waals surface area contributed by atoms with E-state index in [0.717, 1.165) is 0 Å². The molecule has 2 N–H and O–H groups in total. The summed E-state index contributed by atoms with van der Waals surface area (Å²) in [4.78, 5) is 11.7. The molecule has 0 atom stereocenters. The number of carbonyl (C=O) groups excluding carboxylic acids is 1. The summed E-state index contributed by atoms with van der Waals surface area (Å²) in [6, 6.07) is 4.45. The minimum atomic E-state index is -2.80. The molecule has 0 aliphatic carbocycles. The van der Waals surface area contributed by atoms with E-state index < -0.39 is 18.1 Å². The summed E-state index contributed by atoms with van der Waals surface area (Å²) < 4.78 is 26.0.